The van der Waals surface area contributed by atoms with E-state index in [1.165, 1.54) is 28.7 Å². The van der Waals surface area contributed by atoms with Crippen LogP contribution in [0.5, 0.6) is 0 Å². The monoisotopic (exact) mass is 395 g/mol. The molecule has 1 unspecified atom stereocenters. The normalized spacial score (nSPS) is 15.7. The maximum absolute atomic E-state index is 12.6. The summed E-state index contributed by atoms with van der Waals surface area (Å²) in [5.41, 5.74) is 3.24. The van der Waals surface area contributed by atoms with Crippen LogP contribution < -0.4 is 5.32 Å². The van der Waals surface area contributed by atoms with Gasteiger partial charge in [0.2, 0.25) is 0 Å². The Labute approximate surface area is 167 Å². The number of esters is 1. The molecule has 1 aliphatic carbocycles. The van der Waals surface area contributed by atoms with E-state index in [0.29, 0.717) is 22.2 Å². The molecule has 144 valence electrons. The largest absolute Gasteiger partial charge is 0.465 e. The lowest BCUT2D eigenvalue weighted by atomic mass is 9.83. The summed E-state index contributed by atoms with van der Waals surface area (Å²) in [6.45, 7) is 0. The Morgan fingerprint density at radius 3 is 2.71 bits per heavy atom. The van der Waals surface area contributed by atoms with Gasteiger partial charge in [-0.2, -0.15) is 5.10 Å². The van der Waals surface area contributed by atoms with E-state index in [0.717, 1.165) is 29.7 Å². The van der Waals surface area contributed by atoms with Crippen LogP contribution in [0.15, 0.2) is 42.6 Å². The molecule has 0 bridgehead atoms. The number of anilines is 1. The lowest BCUT2D eigenvalue weighted by molar-refractivity contribution is 0.0601. The second-order valence-electron chi connectivity index (χ2n) is 6.84. The van der Waals surface area contributed by atoms with Gasteiger partial charge in [-0.1, -0.05) is 30.3 Å². The number of carbonyl (C=O) groups excluding carboxylic acids is 2. The quantitative estimate of drug-likeness (QED) is 0.682. The Balaban J connectivity index is 1.66. The molecule has 7 heteroatoms. The predicted molar refractivity (Wildman–Crippen MR) is 108 cm³/mol. The van der Waals surface area contributed by atoms with Gasteiger partial charge < -0.3 is 10.1 Å². The third kappa shape index (κ3) is 3.33. The number of hydrogen-bond acceptors (Lipinski definition) is 5. The molecule has 2 heterocycles. The molecule has 1 aliphatic rings. The van der Waals surface area contributed by atoms with Gasteiger partial charge in [-0.05, 0) is 42.4 Å². The maximum Gasteiger partial charge on any atom is 0.341 e. The van der Waals surface area contributed by atoms with Crippen molar-refractivity contribution in [3.05, 3.63) is 69.9 Å². The van der Waals surface area contributed by atoms with E-state index >= 15 is 0 Å². The fraction of sp³-hybridized carbons (Fsp3) is 0.286. The van der Waals surface area contributed by atoms with E-state index in [9.17, 15) is 9.59 Å². The Bertz CT molecular complexity index is 1020. The molecule has 0 fully saturated rings. The molecule has 1 amide bonds. The van der Waals surface area contributed by atoms with Crippen molar-refractivity contribution in [3.8, 4) is 0 Å². The van der Waals surface area contributed by atoms with Crippen LogP contribution in [-0.4, -0.2) is 28.8 Å². The van der Waals surface area contributed by atoms with Crippen LogP contribution in [0.4, 0.5) is 5.00 Å². The van der Waals surface area contributed by atoms with E-state index in [1.54, 1.807) is 19.3 Å². The van der Waals surface area contributed by atoms with Crippen molar-refractivity contribution in [2.45, 2.75) is 25.2 Å². The van der Waals surface area contributed by atoms with E-state index in [1.807, 2.05) is 6.07 Å². The van der Waals surface area contributed by atoms with Gasteiger partial charge in [0.15, 0.2) is 0 Å². The molecule has 0 saturated carbocycles. The summed E-state index contributed by atoms with van der Waals surface area (Å²) in [6, 6.07) is 12.1. The van der Waals surface area contributed by atoms with Crippen molar-refractivity contribution in [2.24, 2.45) is 7.05 Å². The first-order valence-corrected chi connectivity index (χ1v) is 9.97. The number of benzene rings is 1. The lowest BCUT2D eigenvalue weighted by Crippen LogP contribution is -2.18. The Hall–Kier alpha value is -2.93. The molecule has 3 aromatic rings. The van der Waals surface area contributed by atoms with Gasteiger partial charge in [-0.25, -0.2) is 4.79 Å². The zero-order valence-electron chi connectivity index (χ0n) is 15.8. The Kier molecular flexibility index (Phi) is 5.00. The topological polar surface area (TPSA) is 73.2 Å². The zero-order chi connectivity index (χ0) is 19.7. The molecule has 2 aromatic heterocycles. The van der Waals surface area contributed by atoms with Crippen molar-refractivity contribution < 1.29 is 14.3 Å². The third-order valence-corrected chi connectivity index (χ3v) is 6.38. The molecule has 0 aliphatic heterocycles. The molecular weight excluding hydrogens is 374 g/mol. The number of amides is 1. The van der Waals surface area contributed by atoms with Gasteiger partial charge >= 0.3 is 5.97 Å². The zero-order valence-corrected chi connectivity index (χ0v) is 16.6. The Morgan fingerprint density at radius 1 is 1.25 bits per heavy atom. The van der Waals surface area contributed by atoms with Crippen molar-refractivity contribution in [1.82, 2.24) is 9.78 Å². The number of nitrogens with one attached hydrogen (secondary N) is 1. The summed E-state index contributed by atoms with van der Waals surface area (Å²) < 4.78 is 6.51. The standard InChI is InChI=1S/C21H21N3O3S/c1-24-16(10-11-22-24)19(25)23-20-18(21(26)27-2)15-9-8-14(12-17(15)28-20)13-6-4-3-5-7-13/h3-7,10-11,14H,8-9,12H2,1-2H3,(H,23,25). The van der Waals surface area contributed by atoms with Crippen LogP contribution in [0.3, 0.4) is 0 Å². The van der Waals surface area contributed by atoms with E-state index in [4.69, 9.17) is 4.74 Å². The fourth-order valence-electron chi connectivity index (χ4n) is 3.77. The number of hydrogen-bond donors (Lipinski definition) is 1. The number of thiophene rings is 1. The van der Waals surface area contributed by atoms with E-state index in [2.05, 4.69) is 34.7 Å². The predicted octanol–water partition coefficient (Wildman–Crippen LogP) is 3.79. The number of rotatable bonds is 4. The smallest absolute Gasteiger partial charge is 0.341 e. The van der Waals surface area contributed by atoms with Gasteiger partial charge in [0, 0.05) is 18.1 Å². The van der Waals surface area contributed by atoms with Crippen LogP contribution in [0.1, 0.15) is 49.2 Å². The average molecular weight is 395 g/mol. The Morgan fingerprint density at radius 2 is 2.04 bits per heavy atom. The molecule has 28 heavy (non-hydrogen) atoms. The third-order valence-electron chi connectivity index (χ3n) is 5.21. The number of nitrogens with zero attached hydrogens (tertiary/aromatic N) is 2. The van der Waals surface area contributed by atoms with Crippen LogP contribution in [0.25, 0.3) is 0 Å². The minimum Gasteiger partial charge on any atom is -0.465 e. The first-order valence-electron chi connectivity index (χ1n) is 9.15. The number of ether oxygens (including phenoxy) is 1. The minimum atomic E-state index is -0.407. The molecule has 4 rings (SSSR count). The van der Waals surface area contributed by atoms with Crippen LogP contribution in [0, 0.1) is 0 Å². The van der Waals surface area contributed by atoms with Crippen LogP contribution in [-0.2, 0) is 24.6 Å². The summed E-state index contributed by atoms with van der Waals surface area (Å²) in [5.74, 6) is -0.280. The average Bonchev–Trinajstić information content (AvgIpc) is 3.30. The molecule has 1 atom stereocenters. The second-order valence-corrected chi connectivity index (χ2v) is 7.95. The highest BCUT2D eigenvalue weighted by molar-refractivity contribution is 7.17. The van der Waals surface area contributed by atoms with Crippen molar-refractivity contribution in [1.29, 1.82) is 0 Å². The van der Waals surface area contributed by atoms with E-state index in [-0.39, 0.29) is 5.91 Å². The molecule has 6 nitrogen and oxygen atoms in total. The van der Waals surface area contributed by atoms with Crippen molar-refractivity contribution in [2.75, 3.05) is 12.4 Å². The highest BCUT2D eigenvalue weighted by Gasteiger charge is 2.31. The summed E-state index contributed by atoms with van der Waals surface area (Å²) in [5, 5.41) is 7.48. The highest BCUT2D eigenvalue weighted by Crippen LogP contribution is 2.42. The lowest BCUT2D eigenvalue weighted by Gasteiger charge is -2.22. The number of carbonyl (C=O) groups is 2. The van der Waals surface area contributed by atoms with E-state index < -0.39 is 5.97 Å². The summed E-state index contributed by atoms with van der Waals surface area (Å²) in [6.07, 6.45) is 4.18. The van der Waals surface area contributed by atoms with Gasteiger partial charge in [0.25, 0.3) is 5.91 Å². The maximum atomic E-state index is 12.6. The SMILES string of the molecule is COC(=O)c1c(NC(=O)c2ccnn2C)sc2c1CCC(c1ccccc1)C2. The molecule has 0 radical (unpaired) electrons. The van der Waals surface area contributed by atoms with Gasteiger partial charge in [0.1, 0.15) is 10.7 Å². The molecular formula is C21H21N3O3S. The number of methoxy groups -OCH3 is 1. The molecule has 0 saturated heterocycles. The highest BCUT2D eigenvalue weighted by atomic mass is 32.1. The molecule has 1 N–H and O–H groups in total. The summed E-state index contributed by atoms with van der Waals surface area (Å²) >= 11 is 1.47. The first kappa shape index (κ1) is 18.4. The minimum absolute atomic E-state index is 0.289. The van der Waals surface area contributed by atoms with Crippen LogP contribution in [0.2, 0.25) is 0 Å². The van der Waals surface area contributed by atoms with Crippen molar-refractivity contribution in [3.63, 3.8) is 0 Å². The first-order chi connectivity index (χ1) is 13.6. The number of fused-ring (bicyclic) bond motifs is 1. The van der Waals surface area contributed by atoms with Crippen LogP contribution >= 0.6 is 11.3 Å². The van der Waals surface area contributed by atoms with Gasteiger partial charge in [-0.3, -0.25) is 9.48 Å². The number of aryl methyl sites for hydroxylation is 1. The molecule has 0 spiro atoms. The van der Waals surface area contributed by atoms with Crippen molar-refractivity contribution >= 4 is 28.2 Å². The summed E-state index contributed by atoms with van der Waals surface area (Å²) in [7, 11) is 3.08. The number of aromatic nitrogens is 2. The van der Waals surface area contributed by atoms with Gasteiger partial charge in [0.05, 0.1) is 12.7 Å². The summed E-state index contributed by atoms with van der Waals surface area (Å²) in [4.78, 5) is 26.2. The van der Waals surface area contributed by atoms with Gasteiger partial charge in [-0.15, -0.1) is 11.3 Å². The fourth-order valence-corrected chi connectivity index (χ4v) is 5.08. The second kappa shape index (κ2) is 7.59. The molecule has 1 aromatic carbocycles.